The van der Waals surface area contributed by atoms with Gasteiger partial charge in [-0.1, -0.05) is 5.16 Å². The van der Waals surface area contributed by atoms with E-state index in [-0.39, 0.29) is 11.8 Å². The second-order valence-corrected chi connectivity index (χ2v) is 10.5. The van der Waals surface area contributed by atoms with E-state index in [0.29, 0.717) is 52.3 Å². The topological polar surface area (TPSA) is 96.6 Å². The number of nitrogens with zero attached hydrogens (tertiary/aromatic N) is 4. The minimum Gasteiger partial charge on any atom is -0.342 e. The number of carbonyl (C=O) groups excluding carboxylic acids is 1. The average molecular weight is 425 g/mol. The monoisotopic (exact) mass is 424 g/mol. The molecule has 0 radical (unpaired) electrons. The van der Waals surface area contributed by atoms with Gasteiger partial charge in [0, 0.05) is 43.9 Å². The Kier molecular flexibility index (Phi) is 5.28. The Bertz CT molecular complexity index is 968. The molecule has 2 aromatic heterocycles. The first-order valence-corrected chi connectivity index (χ1v) is 11.8. The number of rotatable bonds is 4. The number of sulfonamides is 1. The van der Waals surface area contributed by atoms with Gasteiger partial charge < -0.3 is 9.42 Å². The molecular weight excluding hydrogens is 400 g/mol. The van der Waals surface area contributed by atoms with Crippen molar-refractivity contribution in [1.29, 1.82) is 0 Å². The van der Waals surface area contributed by atoms with Crippen LogP contribution in [0.4, 0.5) is 0 Å². The second kappa shape index (κ2) is 7.57. The molecule has 0 saturated carbocycles. The van der Waals surface area contributed by atoms with E-state index in [1.807, 2.05) is 4.90 Å². The standard InChI is InChI=1S/C18H24N4O4S2/c1-12-16(11-15(27-12)17-19-13(2)26-20-17)28(24,25)22-9-5-14(6-10-22)18(23)21-7-3-4-8-21/h11,14H,3-10H2,1-2H3. The van der Waals surface area contributed by atoms with Crippen LogP contribution in [-0.4, -0.2) is 59.8 Å². The minimum absolute atomic E-state index is 0.0639. The van der Waals surface area contributed by atoms with E-state index in [1.165, 1.54) is 15.6 Å². The van der Waals surface area contributed by atoms with Crippen LogP contribution in [0.3, 0.4) is 0 Å². The molecular formula is C18H24N4O4S2. The number of aromatic nitrogens is 2. The van der Waals surface area contributed by atoms with Gasteiger partial charge in [-0.05, 0) is 38.7 Å². The van der Waals surface area contributed by atoms with Crippen LogP contribution >= 0.6 is 11.3 Å². The molecule has 0 atom stereocenters. The van der Waals surface area contributed by atoms with Gasteiger partial charge in [0.15, 0.2) is 0 Å². The van der Waals surface area contributed by atoms with Crippen molar-refractivity contribution in [3.8, 4) is 10.7 Å². The number of thiophene rings is 1. The van der Waals surface area contributed by atoms with E-state index in [1.54, 1.807) is 19.9 Å². The molecule has 0 aliphatic carbocycles. The Hall–Kier alpha value is -1.78. The van der Waals surface area contributed by atoms with Gasteiger partial charge >= 0.3 is 0 Å². The molecule has 4 rings (SSSR count). The summed E-state index contributed by atoms with van der Waals surface area (Å²) in [5.74, 6) is 0.971. The van der Waals surface area contributed by atoms with Gasteiger partial charge in [-0.25, -0.2) is 8.42 Å². The lowest BCUT2D eigenvalue weighted by Crippen LogP contribution is -2.43. The van der Waals surface area contributed by atoms with Crippen LogP contribution in [0.5, 0.6) is 0 Å². The molecule has 2 aromatic rings. The fraction of sp³-hybridized carbons (Fsp3) is 0.611. The average Bonchev–Trinajstić information content (AvgIpc) is 3.42. The quantitative estimate of drug-likeness (QED) is 0.748. The van der Waals surface area contributed by atoms with Crippen LogP contribution in [0, 0.1) is 19.8 Å². The number of hydrogen-bond donors (Lipinski definition) is 0. The fourth-order valence-corrected chi connectivity index (χ4v) is 6.86. The van der Waals surface area contributed by atoms with E-state index in [0.717, 1.165) is 25.9 Å². The lowest BCUT2D eigenvalue weighted by atomic mass is 9.97. The van der Waals surface area contributed by atoms with E-state index < -0.39 is 10.0 Å². The maximum Gasteiger partial charge on any atom is 0.244 e. The van der Waals surface area contributed by atoms with E-state index >= 15 is 0 Å². The van der Waals surface area contributed by atoms with Crippen molar-refractivity contribution < 1.29 is 17.7 Å². The largest absolute Gasteiger partial charge is 0.342 e. The molecule has 10 heteroatoms. The van der Waals surface area contributed by atoms with Crippen molar-refractivity contribution in [2.75, 3.05) is 26.2 Å². The van der Waals surface area contributed by atoms with Crippen LogP contribution in [0.25, 0.3) is 10.7 Å². The maximum absolute atomic E-state index is 13.2. The Balaban J connectivity index is 1.47. The number of aryl methyl sites for hydroxylation is 2. The molecule has 0 N–H and O–H groups in total. The van der Waals surface area contributed by atoms with Crippen molar-refractivity contribution >= 4 is 27.3 Å². The molecule has 0 aromatic carbocycles. The van der Waals surface area contributed by atoms with E-state index in [2.05, 4.69) is 10.1 Å². The molecule has 2 saturated heterocycles. The van der Waals surface area contributed by atoms with Gasteiger partial charge in [-0.2, -0.15) is 9.29 Å². The Labute approximate surface area is 168 Å². The molecule has 0 bridgehead atoms. The van der Waals surface area contributed by atoms with Crippen molar-refractivity contribution in [3.63, 3.8) is 0 Å². The van der Waals surface area contributed by atoms with Gasteiger partial charge in [0.05, 0.1) is 9.77 Å². The first-order valence-electron chi connectivity index (χ1n) is 9.56. The Morgan fingerprint density at radius 2 is 1.86 bits per heavy atom. The summed E-state index contributed by atoms with van der Waals surface area (Å²) in [6, 6.07) is 1.63. The third-order valence-electron chi connectivity index (χ3n) is 5.46. The van der Waals surface area contributed by atoms with Crippen LogP contribution in [0.1, 0.15) is 36.5 Å². The van der Waals surface area contributed by atoms with Gasteiger partial charge in [0.1, 0.15) is 0 Å². The maximum atomic E-state index is 13.2. The Morgan fingerprint density at radius 3 is 2.46 bits per heavy atom. The molecule has 0 unspecified atom stereocenters. The molecule has 2 aliphatic rings. The molecule has 2 aliphatic heterocycles. The van der Waals surface area contributed by atoms with E-state index in [4.69, 9.17) is 4.52 Å². The molecule has 2 fully saturated rings. The lowest BCUT2D eigenvalue weighted by Gasteiger charge is -2.32. The number of piperidine rings is 1. The molecule has 8 nitrogen and oxygen atoms in total. The zero-order valence-electron chi connectivity index (χ0n) is 16.0. The predicted octanol–water partition coefficient (Wildman–Crippen LogP) is 2.44. The van der Waals surface area contributed by atoms with Gasteiger partial charge in [0.2, 0.25) is 27.6 Å². The van der Waals surface area contributed by atoms with Crippen LogP contribution < -0.4 is 0 Å². The zero-order valence-corrected chi connectivity index (χ0v) is 17.7. The normalized spacial score (nSPS) is 19.4. The summed E-state index contributed by atoms with van der Waals surface area (Å²) in [5.41, 5.74) is 0. The summed E-state index contributed by atoms with van der Waals surface area (Å²) in [5, 5.41) is 3.88. The second-order valence-electron chi connectivity index (χ2n) is 7.38. The smallest absolute Gasteiger partial charge is 0.244 e. The third kappa shape index (κ3) is 3.60. The molecule has 152 valence electrons. The van der Waals surface area contributed by atoms with Gasteiger partial charge in [-0.3, -0.25) is 4.79 Å². The summed E-state index contributed by atoms with van der Waals surface area (Å²) in [4.78, 5) is 20.4. The predicted molar refractivity (Wildman–Crippen MR) is 104 cm³/mol. The lowest BCUT2D eigenvalue weighted by molar-refractivity contribution is -0.135. The fourth-order valence-electron chi connectivity index (χ4n) is 3.91. The van der Waals surface area contributed by atoms with Crippen molar-refractivity contribution in [1.82, 2.24) is 19.3 Å². The number of amides is 1. The SMILES string of the molecule is Cc1nc(-c2cc(S(=O)(=O)N3CCC(C(=O)N4CCCC4)CC3)c(C)s2)no1. The molecule has 28 heavy (non-hydrogen) atoms. The minimum atomic E-state index is -3.61. The highest BCUT2D eigenvalue weighted by atomic mass is 32.2. The third-order valence-corrected chi connectivity index (χ3v) is 8.66. The Morgan fingerprint density at radius 1 is 1.18 bits per heavy atom. The number of hydrogen-bond acceptors (Lipinski definition) is 7. The first kappa shape index (κ1) is 19.5. The summed E-state index contributed by atoms with van der Waals surface area (Å²) in [6.07, 6.45) is 3.29. The van der Waals surface area contributed by atoms with Crippen LogP contribution in [0.15, 0.2) is 15.5 Å². The summed E-state index contributed by atoms with van der Waals surface area (Å²) in [7, 11) is -3.61. The highest BCUT2D eigenvalue weighted by molar-refractivity contribution is 7.89. The summed E-state index contributed by atoms with van der Waals surface area (Å²) in [6.45, 7) is 5.91. The zero-order chi connectivity index (χ0) is 19.9. The first-order chi connectivity index (χ1) is 13.4. The summed E-state index contributed by atoms with van der Waals surface area (Å²) >= 11 is 1.34. The molecule has 4 heterocycles. The van der Waals surface area contributed by atoms with Gasteiger partial charge in [0.25, 0.3) is 0 Å². The van der Waals surface area contributed by atoms with Crippen LogP contribution in [0.2, 0.25) is 0 Å². The highest BCUT2D eigenvalue weighted by Gasteiger charge is 2.35. The number of likely N-dealkylation sites (tertiary alicyclic amines) is 1. The van der Waals surface area contributed by atoms with Crippen molar-refractivity contribution in [3.05, 3.63) is 16.8 Å². The molecule has 1 amide bonds. The van der Waals surface area contributed by atoms with E-state index in [9.17, 15) is 13.2 Å². The highest BCUT2D eigenvalue weighted by Crippen LogP contribution is 2.35. The van der Waals surface area contributed by atoms with Crippen molar-refractivity contribution in [2.24, 2.45) is 5.92 Å². The van der Waals surface area contributed by atoms with Crippen LogP contribution in [-0.2, 0) is 14.8 Å². The van der Waals surface area contributed by atoms with Crippen molar-refractivity contribution in [2.45, 2.75) is 44.4 Å². The number of carbonyl (C=O) groups is 1. The van der Waals surface area contributed by atoms with Gasteiger partial charge in [-0.15, -0.1) is 11.3 Å². The summed E-state index contributed by atoms with van der Waals surface area (Å²) < 4.78 is 32.8. The molecule has 0 spiro atoms.